The van der Waals surface area contributed by atoms with Gasteiger partial charge in [-0.25, -0.2) is 4.98 Å². The van der Waals surface area contributed by atoms with Crippen LogP contribution in [0.3, 0.4) is 0 Å². The molecule has 0 unspecified atom stereocenters. The van der Waals surface area contributed by atoms with Gasteiger partial charge < -0.3 is 24.4 Å². The van der Waals surface area contributed by atoms with Gasteiger partial charge in [-0.2, -0.15) is 0 Å². The molecule has 0 atom stereocenters. The predicted octanol–water partition coefficient (Wildman–Crippen LogP) is 6.10. The van der Waals surface area contributed by atoms with E-state index in [0.717, 1.165) is 107 Å². The zero-order valence-corrected chi connectivity index (χ0v) is 24.7. The van der Waals surface area contributed by atoms with Gasteiger partial charge in [-0.1, -0.05) is 39.5 Å². The second-order valence-electron chi connectivity index (χ2n) is 10.9. The first-order valence-corrected chi connectivity index (χ1v) is 15.4. The summed E-state index contributed by atoms with van der Waals surface area (Å²) in [6, 6.07) is 6.00. The second kappa shape index (κ2) is 17.2. The normalized spacial score (nSPS) is 14.0. The number of methoxy groups -OCH3 is 1. The molecule has 8 heteroatoms. The lowest BCUT2D eigenvalue weighted by Crippen LogP contribution is -2.33. The molecule has 0 bridgehead atoms. The Kier molecular flexibility index (Phi) is 13.6. The Bertz CT molecular complexity index is 1010. The Morgan fingerprint density at radius 2 is 1.69 bits per heavy atom. The highest BCUT2D eigenvalue weighted by Gasteiger charge is 2.18. The molecular weight excluding hydrogens is 490 g/mol. The highest BCUT2D eigenvalue weighted by atomic mass is 16.5. The number of aromatic nitrogens is 2. The topological polar surface area (TPSA) is 79.7 Å². The third-order valence-electron chi connectivity index (χ3n) is 7.72. The van der Waals surface area contributed by atoms with Crippen molar-refractivity contribution in [2.24, 2.45) is 0 Å². The van der Waals surface area contributed by atoms with Crippen LogP contribution >= 0.6 is 0 Å². The van der Waals surface area contributed by atoms with Gasteiger partial charge in [0.2, 0.25) is 5.95 Å². The molecule has 1 aliphatic rings. The van der Waals surface area contributed by atoms with Crippen molar-refractivity contribution in [3.05, 3.63) is 23.8 Å². The van der Waals surface area contributed by atoms with Crippen molar-refractivity contribution in [3.63, 3.8) is 0 Å². The number of ether oxygens (including phenoxy) is 1. The number of rotatable bonds is 18. The van der Waals surface area contributed by atoms with Crippen molar-refractivity contribution in [3.8, 4) is 0 Å². The van der Waals surface area contributed by atoms with Gasteiger partial charge in [-0.15, -0.1) is 0 Å². The molecule has 39 heavy (non-hydrogen) atoms. The first-order chi connectivity index (χ1) is 19.1. The minimum absolute atomic E-state index is 0.125. The summed E-state index contributed by atoms with van der Waals surface area (Å²) in [6.45, 7) is 11.1. The van der Waals surface area contributed by atoms with Crippen LogP contribution in [0.1, 0.15) is 101 Å². The van der Waals surface area contributed by atoms with E-state index in [2.05, 4.69) is 34.7 Å². The van der Waals surface area contributed by atoms with Crippen molar-refractivity contribution >= 4 is 28.9 Å². The summed E-state index contributed by atoms with van der Waals surface area (Å²) < 4.78 is 7.01. The Morgan fingerprint density at radius 1 is 0.949 bits per heavy atom. The standard InChI is InChI=1S/C31H51N5O3/c1-4-6-22-35(23-7-5-2)30(38)26-16-17-27-28(25-26)36(24-14-21-34-19-12-9-13-20-34)31(33-27)32-18-11-8-10-15-29(37)39-3/h16-17,25H,4-15,18-24H2,1-3H3,(H,32,33). The lowest BCUT2D eigenvalue weighted by atomic mass is 10.1. The third kappa shape index (κ3) is 9.82. The summed E-state index contributed by atoms with van der Waals surface area (Å²) in [5.41, 5.74) is 2.70. The first-order valence-electron chi connectivity index (χ1n) is 15.4. The van der Waals surface area contributed by atoms with E-state index in [4.69, 9.17) is 9.72 Å². The van der Waals surface area contributed by atoms with E-state index in [1.807, 2.05) is 17.0 Å². The van der Waals surface area contributed by atoms with Crippen molar-refractivity contribution in [1.82, 2.24) is 19.4 Å². The van der Waals surface area contributed by atoms with E-state index in [1.54, 1.807) is 0 Å². The number of carbonyl (C=O) groups is 2. The Balaban J connectivity index is 1.74. The first kappa shape index (κ1) is 30.9. The van der Waals surface area contributed by atoms with E-state index in [-0.39, 0.29) is 11.9 Å². The number of benzene rings is 1. The van der Waals surface area contributed by atoms with Gasteiger partial charge in [-0.05, 0) is 82.8 Å². The quantitative estimate of drug-likeness (QED) is 0.181. The van der Waals surface area contributed by atoms with Gasteiger partial charge >= 0.3 is 5.97 Å². The summed E-state index contributed by atoms with van der Waals surface area (Å²) >= 11 is 0. The Labute approximate surface area is 235 Å². The van der Waals surface area contributed by atoms with Gasteiger partial charge in [0.15, 0.2) is 0 Å². The summed E-state index contributed by atoms with van der Waals surface area (Å²) in [5.74, 6) is 0.849. The molecule has 0 saturated carbocycles. The monoisotopic (exact) mass is 541 g/mol. The fourth-order valence-electron chi connectivity index (χ4n) is 5.32. The summed E-state index contributed by atoms with van der Waals surface area (Å²) in [5, 5.41) is 3.55. The molecule has 1 amide bonds. The number of piperidine rings is 1. The molecule has 0 aliphatic carbocycles. The van der Waals surface area contributed by atoms with Gasteiger partial charge in [0.1, 0.15) is 0 Å². The molecular formula is C31H51N5O3. The summed E-state index contributed by atoms with van der Waals surface area (Å²) in [6.07, 6.45) is 12.4. The number of anilines is 1. The zero-order chi connectivity index (χ0) is 27.9. The van der Waals surface area contributed by atoms with E-state index in [1.165, 1.54) is 39.5 Å². The number of imidazole rings is 1. The number of fused-ring (bicyclic) bond motifs is 1. The van der Waals surface area contributed by atoms with E-state index in [9.17, 15) is 9.59 Å². The average molecular weight is 542 g/mol. The molecule has 1 fully saturated rings. The molecule has 2 aromatic rings. The highest BCUT2D eigenvalue weighted by molar-refractivity contribution is 5.97. The van der Waals surface area contributed by atoms with Crippen molar-refractivity contribution < 1.29 is 14.3 Å². The van der Waals surface area contributed by atoms with Crippen LogP contribution in [-0.4, -0.2) is 77.6 Å². The third-order valence-corrected chi connectivity index (χ3v) is 7.72. The van der Waals surface area contributed by atoms with Gasteiger partial charge in [-0.3, -0.25) is 9.59 Å². The molecule has 1 aromatic heterocycles. The van der Waals surface area contributed by atoms with Gasteiger partial charge in [0.25, 0.3) is 5.91 Å². The molecule has 1 aromatic carbocycles. The molecule has 1 aliphatic heterocycles. The summed E-state index contributed by atoms with van der Waals surface area (Å²) in [7, 11) is 1.44. The lowest BCUT2D eigenvalue weighted by molar-refractivity contribution is -0.140. The van der Waals surface area contributed by atoms with Crippen LogP contribution in [0.15, 0.2) is 18.2 Å². The number of nitrogens with one attached hydrogen (secondary N) is 1. The molecule has 8 nitrogen and oxygen atoms in total. The summed E-state index contributed by atoms with van der Waals surface area (Å²) in [4.78, 5) is 34.4. The van der Waals surface area contributed by atoms with E-state index in [0.29, 0.717) is 6.42 Å². The number of nitrogens with zero attached hydrogens (tertiary/aromatic N) is 4. The van der Waals surface area contributed by atoms with Crippen LogP contribution in [-0.2, 0) is 16.1 Å². The number of hydrogen-bond donors (Lipinski definition) is 1. The SMILES string of the molecule is CCCCN(CCCC)C(=O)c1ccc2nc(NCCCCCC(=O)OC)n(CCCN3CCCCC3)c2c1. The van der Waals surface area contributed by atoms with Crippen LogP contribution in [0.5, 0.6) is 0 Å². The minimum Gasteiger partial charge on any atom is -0.469 e. The number of esters is 1. The maximum absolute atomic E-state index is 13.5. The number of hydrogen-bond acceptors (Lipinski definition) is 6. The van der Waals surface area contributed by atoms with E-state index >= 15 is 0 Å². The smallest absolute Gasteiger partial charge is 0.305 e. The molecule has 1 N–H and O–H groups in total. The van der Waals surface area contributed by atoms with Crippen molar-refractivity contribution in [1.29, 1.82) is 0 Å². The molecule has 0 radical (unpaired) electrons. The Morgan fingerprint density at radius 3 is 2.38 bits per heavy atom. The zero-order valence-electron chi connectivity index (χ0n) is 24.7. The fraction of sp³-hybridized carbons (Fsp3) is 0.710. The number of unbranched alkanes of at least 4 members (excludes halogenated alkanes) is 4. The molecule has 0 spiro atoms. The maximum atomic E-state index is 13.5. The average Bonchev–Trinajstić information content (AvgIpc) is 3.31. The largest absolute Gasteiger partial charge is 0.469 e. The second-order valence-corrected chi connectivity index (χ2v) is 10.9. The van der Waals surface area contributed by atoms with Crippen LogP contribution in [0.4, 0.5) is 5.95 Å². The molecule has 1 saturated heterocycles. The van der Waals surface area contributed by atoms with Gasteiger partial charge in [0.05, 0.1) is 18.1 Å². The fourth-order valence-corrected chi connectivity index (χ4v) is 5.32. The van der Waals surface area contributed by atoms with Crippen LogP contribution < -0.4 is 5.32 Å². The number of amides is 1. The maximum Gasteiger partial charge on any atom is 0.305 e. The van der Waals surface area contributed by atoms with E-state index < -0.39 is 0 Å². The number of aryl methyl sites for hydroxylation is 1. The van der Waals surface area contributed by atoms with Crippen LogP contribution in [0.2, 0.25) is 0 Å². The van der Waals surface area contributed by atoms with Crippen LogP contribution in [0.25, 0.3) is 11.0 Å². The molecule has 3 rings (SSSR count). The predicted molar refractivity (Wildman–Crippen MR) is 159 cm³/mol. The van der Waals surface area contributed by atoms with Crippen molar-refractivity contribution in [2.75, 3.05) is 51.7 Å². The number of carbonyl (C=O) groups excluding carboxylic acids is 2. The highest BCUT2D eigenvalue weighted by Crippen LogP contribution is 2.23. The molecule has 218 valence electrons. The lowest BCUT2D eigenvalue weighted by Gasteiger charge is -2.26. The molecule has 2 heterocycles. The van der Waals surface area contributed by atoms with Crippen LogP contribution in [0, 0.1) is 0 Å². The van der Waals surface area contributed by atoms with Crippen molar-refractivity contribution in [2.45, 2.75) is 97.4 Å². The van der Waals surface area contributed by atoms with Gasteiger partial charge in [0, 0.05) is 38.2 Å². The Hall–Kier alpha value is -2.61. The number of likely N-dealkylation sites (tertiary alicyclic amines) is 1. The minimum atomic E-state index is -0.147.